The number of nitrogens with zero attached hydrogens (tertiary/aromatic N) is 1. The van der Waals surface area contributed by atoms with Crippen LogP contribution in [0.2, 0.25) is 0 Å². The fraction of sp³-hybridized carbons (Fsp3) is 0.364. The summed E-state index contributed by atoms with van der Waals surface area (Å²) in [5.41, 5.74) is 1.09. The molecular formula is C11H15ClN2O. The Bertz CT molecular complexity index is 303. The number of hydrogen-bond acceptors (Lipinski definition) is 1. The molecule has 0 spiro atoms. The van der Waals surface area contributed by atoms with Crippen molar-refractivity contribution in [1.82, 2.24) is 10.2 Å². The van der Waals surface area contributed by atoms with Gasteiger partial charge in [0, 0.05) is 26.0 Å². The van der Waals surface area contributed by atoms with Gasteiger partial charge in [-0.25, -0.2) is 4.79 Å². The van der Waals surface area contributed by atoms with E-state index in [2.05, 4.69) is 5.32 Å². The van der Waals surface area contributed by atoms with Crippen LogP contribution >= 0.6 is 11.6 Å². The Hall–Kier alpha value is -1.22. The molecule has 0 aromatic heterocycles. The lowest BCUT2D eigenvalue weighted by molar-refractivity contribution is 0.211. The normalized spacial score (nSPS) is 9.73. The molecule has 0 saturated carbocycles. The summed E-state index contributed by atoms with van der Waals surface area (Å²) in [4.78, 5) is 13.0. The highest BCUT2D eigenvalue weighted by Gasteiger charge is 2.05. The van der Waals surface area contributed by atoms with Crippen LogP contribution in [0, 0.1) is 0 Å². The van der Waals surface area contributed by atoms with E-state index in [1.807, 2.05) is 30.3 Å². The third-order valence-corrected chi connectivity index (χ3v) is 2.22. The molecule has 1 N–H and O–H groups in total. The van der Waals surface area contributed by atoms with Crippen molar-refractivity contribution in [2.45, 2.75) is 6.54 Å². The predicted octanol–water partition coefficient (Wildman–Crippen LogP) is 2.07. The standard InChI is InChI=1S/C11H15ClN2O/c1-14(8-7-12)11(15)13-9-10-5-3-2-4-6-10/h2-6H,7-9H2,1H3,(H,13,15). The molecule has 0 unspecified atom stereocenters. The molecule has 0 aliphatic heterocycles. The Kier molecular flexibility index (Phi) is 4.98. The van der Waals surface area contributed by atoms with Crippen molar-refractivity contribution in [2.75, 3.05) is 19.5 Å². The molecular weight excluding hydrogens is 212 g/mol. The van der Waals surface area contributed by atoms with Crippen LogP contribution in [0.25, 0.3) is 0 Å². The van der Waals surface area contributed by atoms with Crippen LogP contribution in [0.5, 0.6) is 0 Å². The number of carbonyl (C=O) groups excluding carboxylic acids is 1. The largest absolute Gasteiger partial charge is 0.334 e. The summed E-state index contributed by atoms with van der Waals surface area (Å²) in [6.07, 6.45) is 0. The van der Waals surface area contributed by atoms with Gasteiger partial charge in [-0.3, -0.25) is 0 Å². The van der Waals surface area contributed by atoms with E-state index in [0.29, 0.717) is 19.0 Å². The molecule has 0 fully saturated rings. The molecule has 1 aromatic carbocycles. The van der Waals surface area contributed by atoms with E-state index in [1.165, 1.54) is 0 Å². The van der Waals surface area contributed by atoms with Gasteiger partial charge in [0.1, 0.15) is 0 Å². The number of nitrogens with one attached hydrogen (secondary N) is 1. The number of rotatable bonds is 4. The third-order valence-electron chi connectivity index (χ3n) is 2.05. The molecule has 82 valence electrons. The first-order valence-electron chi connectivity index (χ1n) is 4.83. The molecule has 0 aliphatic carbocycles. The van der Waals surface area contributed by atoms with Crippen molar-refractivity contribution >= 4 is 17.6 Å². The first kappa shape index (κ1) is 11.9. The molecule has 1 aromatic rings. The summed E-state index contributed by atoms with van der Waals surface area (Å²) in [6, 6.07) is 9.70. The fourth-order valence-corrected chi connectivity index (χ4v) is 1.39. The summed E-state index contributed by atoms with van der Waals surface area (Å²) >= 11 is 5.54. The lowest BCUT2D eigenvalue weighted by atomic mass is 10.2. The maximum Gasteiger partial charge on any atom is 0.317 e. The molecule has 15 heavy (non-hydrogen) atoms. The van der Waals surface area contributed by atoms with Gasteiger partial charge in [0.05, 0.1) is 0 Å². The SMILES string of the molecule is CN(CCCl)C(=O)NCc1ccccc1. The lowest BCUT2D eigenvalue weighted by Gasteiger charge is -2.16. The Morgan fingerprint density at radius 3 is 2.67 bits per heavy atom. The zero-order chi connectivity index (χ0) is 11.1. The van der Waals surface area contributed by atoms with Crippen LogP contribution in [-0.4, -0.2) is 30.4 Å². The lowest BCUT2D eigenvalue weighted by Crippen LogP contribution is -2.37. The van der Waals surface area contributed by atoms with E-state index in [9.17, 15) is 4.79 Å². The molecule has 0 saturated heterocycles. The summed E-state index contributed by atoms with van der Waals surface area (Å²) < 4.78 is 0. The first-order valence-corrected chi connectivity index (χ1v) is 5.36. The quantitative estimate of drug-likeness (QED) is 0.784. The molecule has 0 bridgehead atoms. The van der Waals surface area contributed by atoms with Crippen molar-refractivity contribution in [3.05, 3.63) is 35.9 Å². The minimum atomic E-state index is -0.0977. The van der Waals surface area contributed by atoms with Crippen molar-refractivity contribution in [1.29, 1.82) is 0 Å². The van der Waals surface area contributed by atoms with Gasteiger partial charge in [0.15, 0.2) is 0 Å². The zero-order valence-electron chi connectivity index (χ0n) is 8.74. The topological polar surface area (TPSA) is 32.3 Å². The van der Waals surface area contributed by atoms with E-state index in [4.69, 9.17) is 11.6 Å². The van der Waals surface area contributed by atoms with E-state index >= 15 is 0 Å². The van der Waals surface area contributed by atoms with Gasteiger partial charge in [-0.05, 0) is 5.56 Å². The first-order chi connectivity index (χ1) is 7.24. The highest BCUT2D eigenvalue weighted by Crippen LogP contribution is 1.97. The predicted molar refractivity (Wildman–Crippen MR) is 62.0 cm³/mol. The average Bonchev–Trinajstić information content (AvgIpc) is 2.27. The van der Waals surface area contributed by atoms with Crippen LogP contribution in [0.4, 0.5) is 4.79 Å². The number of carbonyl (C=O) groups is 1. The van der Waals surface area contributed by atoms with Gasteiger partial charge in [-0.15, -0.1) is 11.6 Å². The minimum Gasteiger partial charge on any atom is -0.334 e. The van der Waals surface area contributed by atoms with Crippen LogP contribution in [0.3, 0.4) is 0 Å². The van der Waals surface area contributed by atoms with Crippen molar-refractivity contribution in [2.24, 2.45) is 0 Å². The highest BCUT2D eigenvalue weighted by molar-refractivity contribution is 6.18. The van der Waals surface area contributed by atoms with Crippen LogP contribution in [0.15, 0.2) is 30.3 Å². The van der Waals surface area contributed by atoms with Gasteiger partial charge in [-0.2, -0.15) is 0 Å². The number of alkyl halides is 1. The van der Waals surface area contributed by atoms with Crippen LogP contribution in [0.1, 0.15) is 5.56 Å². The van der Waals surface area contributed by atoms with Crippen molar-refractivity contribution in [3.8, 4) is 0 Å². The molecule has 3 nitrogen and oxygen atoms in total. The minimum absolute atomic E-state index is 0.0977. The Labute approximate surface area is 95.0 Å². The van der Waals surface area contributed by atoms with Gasteiger partial charge >= 0.3 is 6.03 Å². The Morgan fingerprint density at radius 2 is 2.07 bits per heavy atom. The van der Waals surface area contributed by atoms with Gasteiger partial charge in [0.25, 0.3) is 0 Å². The van der Waals surface area contributed by atoms with Crippen LogP contribution in [-0.2, 0) is 6.54 Å². The van der Waals surface area contributed by atoms with E-state index in [0.717, 1.165) is 5.56 Å². The number of amides is 2. The molecule has 1 rings (SSSR count). The Morgan fingerprint density at radius 1 is 1.40 bits per heavy atom. The zero-order valence-corrected chi connectivity index (χ0v) is 9.50. The summed E-state index contributed by atoms with van der Waals surface area (Å²) in [5.74, 6) is 0.454. The van der Waals surface area contributed by atoms with Crippen LogP contribution < -0.4 is 5.32 Å². The summed E-state index contributed by atoms with van der Waals surface area (Å²) in [5, 5.41) is 2.81. The monoisotopic (exact) mass is 226 g/mol. The molecule has 0 aliphatic rings. The molecule has 2 amide bonds. The smallest absolute Gasteiger partial charge is 0.317 e. The molecule has 0 atom stereocenters. The second-order valence-corrected chi connectivity index (χ2v) is 3.63. The molecule has 0 heterocycles. The van der Waals surface area contributed by atoms with Gasteiger partial charge in [-0.1, -0.05) is 30.3 Å². The number of halogens is 1. The summed E-state index contributed by atoms with van der Waals surface area (Å²) in [6.45, 7) is 1.11. The second kappa shape index (κ2) is 6.30. The van der Waals surface area contributed by atoms with E-state index in [1.54, 1.807) is 11.9 Å². The van der Waals surface area contributed by atoms with E-state index < -0.39 is 0 Å². The number of benzene rings is 1. The molecule has 0 radical (unpaired) electrons. The maximum atomic E-state index is 11.5. The Balaban J connectivity index is 2.34. The third kappa shape index (κ3) is 4.21. The highest BCUT2D eigenvalue weighted by atomic mass is 35.5. The second-order valence-electron chi connectivity index (χ2n) is 3.25. The molecule has 4 heteroatoms. The van der Waals surface area contributed by atoms with Gasteiger partial charge in [0.2, 0.25) is 0 Å². The van der Waals surface area contributed by atoms with Crippen molar-refractivity contribution < 1.29 is 4.79 Å². The van der Waals surface area contributed by atoms with E-state index in [-0.39, 0.29) is 6.03 Å². The van der Waals surface area contributed by atoms with Gasteiger partial charge < -0.3 is 10.2 Å². The number of urea groups is 1. The average molecular weight is 227 g/mol. The van der Waals surface area contributed by atoms with Crippen molar-refractivity contribution in [3.63, 3.8) is 0 Å². The summed E-state index contributed by atoms with van der Waals surface area (Å²) in [7, 11) is 1.72. The number of hydrogen-bond donors (Lipinski definition) is 1. The maximum absolute atomic E-state index is 11.5. The fourth-order valence-electron chi connectivity index (χ4n) is 1.14.